The van der Waals surface area contributed by atoms with Gasteiger partial charge >= 0.3 is 0 Å². The Kier molecular flexibility index (Phi) is 4.28. The third-order valence-electron chi connectivity index (χ3n) is 2.51. The maximum absolute atomic E-state index is 13.4. The van der Waals surface area contributed by atoms with Crippen molar-refractivity contribution in [3.8, 4) is 0 Å². The largest absolute Gasteiger partial charge is 0.223 e. The van der Waals surface area contributed by atoms with Crippen LogP contribution in [0.5, 0.6) is 0 Å². The molecule has 0 aliphatic carbocycles. The molecule has 0 aliphatic rings. The van der Waals surface area contributed by atoms with Gasteiger partial charge in [-0.05, 0) is 57.9 Å². The topological polar surface area (TPSA) is 34.1 Å². The molecule has 0 heterocycles. The Morgan fingerprint density at radius 2 is 1.74 bits per heavy atom. The Morgan fingerprint density at radius 1 is 1.11 bits per heavy atom. The number of halogens is 3. The fraction of sp³-hybridized carbons (Fsp3) is 0.0769. The smallest absolute Gasteiger partial charge is 0.182 e. The highest BCUT2D eigenvalue weighted by molar-refractivity contribution is 9.10. The van der Waals surface area contributed by atoms with Crippen LogP contribution < -0.4 is 0 Å². The van der Waals surface area contributed by atoms with E-state index in [0.717, 1.165) is 0 Å². The summed E-state index contributed by atoms with van der Waals surface area (Å²) in [6, 6.07) is 10.2. The maximum Gasteiger partial charge on any atom is 0.182 e. The van der Waals surface area contributed by atoms with Crippen LogP contribution in [0.15, 0.2) is 51.8 Å². The summed E-state index contributed by atoms with van der Waals surface area (Å²) in [6.45, 7) is 0. The summed E-state index contributed by atoms with van der Waals surface area (Å²) >= 11 is 8.73. The predicted molar refractivity (Wildman–Crippen MR) is 76.4 cm³/mol. The normalized spacial score (nSPS) is 11.5. The number of benzene rings is 2. The first-order valence-corrected chi connectivity index (χ1v) is 8.13. The highest BCUT2D eigenvalue weighted by atomic mass is 79.9. The average molecular weight is 364 g/mol. The second-order valence-corrected chi connectivity index (χ2v) is 7.24. The van der Waals surface area contributed by atoms with E-state index in [1.807, 2.05) is 0 Å². The van der Waals surface area contributed by atoms with Crippen LogP contribution >= 0.6 is 27.5 Å². The van der Waals surface area contributed by atoms with E-state index in [0.29, 0.717) is 15.1 Å². The van der Waals surface area contributed by atoms with E-state index in [9.17, 15) is 12.8 Å². The quantitative estimate of drug-likeness (QED) is 0.818. The van der Waals surface area contributed by atoms with Crippen molar-refractivity contribution >= 4 is 37.4 Å². The van der Waals surface area contributed by atoms with E-state index in [1.54, 1.807) is 6.07 Å². The molecule has 0 spiro atoms. The van der Waals surface area contributed by atoms with Crippen LogP contribution in [0.4, 0.5) is 4.39 Å². The summed E-state index contributed by atoms with van der Waals surface area (Å²) in [6.07, 6.45) is 0. The molecule has 0 N–H and O–H groups in total. The number of hydrogen-bond donors (Lipinski definition) is 0. The van der Waals surface area contributed by atoms with Gasteiger partial charge in [0.15, 0.2) is 9.84 Å². The van der Waals surface area contributed by atoms with Gasteiger partial charge in [-0.15, -0.1) is 0 Å². The molecule has 2 rings (SSSR count). The molecule has 0 saturated heterocycles. The molecule has 0 fully saturated rings. The van der Waals surface area contributed by atoms with Crippen LogP contribution in [0.3, 0.4) is 0 Å². The SMILES string of the molecule is O=S(=O)(Cc1ccc(Br)c(F)c1)c1ccc(Cl)cc1. The molecule has 0 saturated carbocycles. The van der Waals surface area contributed by atoms with Gasteiger partial charge in [-0.25, -0.2) is 12.8 Å². The van der Waals surface area contributed by atoms with Gasteiger partial charge in [-0.3, -0.25) is 0 Å². The van der Waals surface area contributed by atoms with E-state index in [-0.39, 0.29) is 10.6 Å². The molecule has 2 aromatic carbocycles. The zero-order valence-electron chi connectivity index (χ0n) is 9.61. The maximum atomic E-state index is 13.4. The summed E-state index contributed by atoms with van der Waals surface area (Å²) in [5.74, 6) is -0.734. The highest BCUT2D eigenvalue weighted by Gasteiger charge is 2.16. The second-order valence-electron chi connectivity index (χ2n) is 3.96. The van der Waals surface area contributed by atoms with Crippen molar-refractivity contribution in [3.63, 3.8) is 0 Å². The van der Waals surface area contributed by atoms with Crippen LogP contribution in [0.2, 0.25) is 5.02 Å². The molecule has 0 radical (unpaired) electrons. The molecule has 2 aromatic rings. The monoisotopic (exact) mass is 362 g/mol. The first-order chi connectivity index (χ1) is 8.88. The first kappa shape index (κ1) is 14.5. The average Bonchev–Trinajstić information content (AvgIpc) is 2.34. The minimum atomic E-state index is -3.50. The van der Waals surface area contributed by atoms with E-state index in [1.165, 1.54) is 36.4 Å². The molecule has 0 atom stereocenters. The third kappa shape index (κ3) is 3.55. The molecule has 0 amide bonds. The Hall–Kier alpha value is -0.910. The molecule has 6 heteroatoms. The van der Waals surface area contributed by atoms with Crippen molar-refractivity contribution in [1.82, 2.24) is 0 Å². The fourth-order valence-corrected chi connectivity index (χ4v) is 3.28. The van der Waals surface area contributed by atoms with Gasteiger partial charge in [0, 0.05) is 5.02 Å². The zero-order valence-corrected chi connectivity index (χ0v) is 12.8. The standard InChI is InChI=1S/C13H9BrClFO2S/c14-12-6-1-9(7-13(12)16)8-19(17,18)11-4-2-10(15)3-5-11/h1-7H,8H2. The van der Waals surface area contributed by atoms with Crippen molar-refractivity contribution in [2.24, 2.45) is 0 Å². The molecule has 2 nitrogen and oxygen atoms in total. The van der Waals surface area contributed by atoms with Crippen molar-refractivity contribution in [1.29, 1.82) is 0 Å². The lowest BCUT2D eigenvalue weighted by molar-refractivity contribution is 0.594. The molecule has 100 valence electrons. The number of hydrogen-bond acceptors (Lipinski definition) is 2. The summed E-state index contributed by atoms with van der Waals surface area (Å²) in [5, 5.41) is 0.466. The predicted octanol–water partition coefficient (Wildman–Crippen LogP) is 4.22. The van der Waals surface area contributed by atoms with Gasteiger partial charge in [0.05, 0.1) is 15.1 Å². The van der Waals surface area contributed by atoms with Crippen LogP contribution in [0.25, 0.3) is 0 Å². The molecule has 0 aromatic heterocycles. The van der Waals surface area contributed by atoms with Crippen LogP contribution in [-0.2, 0) is 15.6 Å². The Morgan fingerprint density at radius 3 is 2.32 bits per heavy atom. The lowest BCUT2D eigenvalue weighted by Gasteiger charge is -2.05. The van der Waals surface area contributed by atoms with Gasteiger partial charge in [0.25, 0.3) is 0 Å². The van der Waals surface area contributed by atoms with E-state index < -0.39 is 15.7 Å². The van der Waals surface area contributed by atoms with Gasteiger partial charge in [0.2, 0.25) is 0 Å². The van der Waals surface area contributed by atoms with Gasteiger partial charge in [-0.2, -0.15) is 0 Å². The molecule has 0 aliphatic heterocycles. The summed E-state index contributed by atoms with van der Waals surface area (Å²) in [7, 11) is -3.50. The molecule has 0 unspecified atom stereocenters. The first-order valence-electron chi connectivity index (χ1n) is 5.31. The van der Waals surface area contributed by atoms with Crippen molar-refractivity contribution in [2.45, 2.75) is 10.6 Å². The van der Waals surface area contributed by atoms with Crippen LogP contribution in [0, 0.1) is 5.82 Å². The van der Waals surface area contributed by atoms with E-state index in [2.05, 4.69) is 15.9 Å². The number of sulfone groups is 1. The highest BCUT2D eigenvalue weighted by Crippen LogP contribution is 2.21. The summed E-state index contributed by atoms with van der Waals surface area (Å²) in [4.78, 5) is 0.167. The second kappa shape index (κ2) is 5.61. The molecular weight excluding hydrogens is 355 g/mol. The van der Waals surface area contributed by atoms with Crippen molar-refractivity contribution in [2.75, 3.05) is 0 Å². The van der Waals surface area contributed by atoms with Crippen LogP contribution in [-0.4, -0.2) is 8.42 Å². The van der Waals surface area contributed by atoms with Gasteiger partial charge in [-0.1, -0.05) is 17.7 Å². The molecular formula is C13H9BrClFO2S. The van der Waals surface area contributed by atoms with Crippen molar-refractivity contribution < 1.29 is 12.8 Å². The van der Waals surface area contributed by atoms with Crippen LogP contribution in [0.1, 0.15) is 5.56 Å². The number of rotatable bonds is 3. The minimum absolute atomic E-state index is 0.167. The third-order valence-corrected chi connectivity index (χ3v) is 5.11. The Balaban J connectivity index is 2.30. The Bertz CT molecular complexity index is 699. The van der Waals surface area contributed by atoms with Crippen molar-refractivity contribution in [3.05, 3.63) is 63.3 Å². The van der Waals surface area contributed by atoms with E-state index >= 15 is 0 Å². The minimum Gasteiger partial charge on any atom is -0.223 e. The lowest BCUT2D eigenvalue weighted by Crippen LogP contribution is -2.05. The lowest BCUT2D eigenvalue weighted by atomic mass is 10.2. The van der Waals surface area contributed by atoms with Gasteiger partial charge in [0.1, 0.15) is 5.82 Å². The summed E-state index contributed by atoms with van der Waals surface area (Å²) < 4.78 is 37.9. The zero-order chi connectivity index (χ0) is 14.0. The molecule has 19 heavy (non-hydrogen) atoms. The Labute approximate surface area is 124 Å². The molecule has 0 bridgehead atoms. The van der Waals surface area contributed by atoms with E-state index in [4.69, 9.17) is 11.6 Å². The fourth-order valence-electron chi connectivity index (χ4n) is 1.57. The summed E-state index contributed by atoms with van der Waals surface area (Å²) in [5.41, 5.74) is 0.399. The van der Waals surface area contributed by atoms with Gasteiger partial charge < -0.3 is 0 Å².